The van der Waals surface area contributed by atoms with Crippen LogP contribution in [0, 0.1) is 5.92 Å². The summed E-state index contributed by atoms with van der Waals surface area (Å²) in [4.78, 5) is 27.2. The van der Waals surface area contributed by atoms with E-state index in [1.807, 2.05) is 67.6 Å². The molecular formula is C21H25N3O2. The number of amides is 2. The first kappa shape index (κ1) is 18.1. The Morgan fingerprint density at radius 2 is 1.69 bits per heavy atom. The lowest BCUT2D eigenvalue weighted by Gasteiger charge is -2.23. The Morgan fingerprint density at radius 3 is 2.31 bits per heavy atom. The van der Waals surface area contributed by atoms with Gasteiger partial charge in [-0.15, -0.1) is 0 Å². The quantitative estimate of drug-likeness (QED) is 0.869. The zero-order valence-corrected chi connectivity index (χ0v) is 15.1. The average Bonchev–Trinajstić information content (AvgIpc) is 2.95. The molecule has 0 spiro atoms. The molecule has 2 aromatic carbocycles. The number of carbonyl (C=O) groups excluding carboxylic acids is 2. The molecule has 0 aliphatic carbocycles. The number of anilines is 1. The van der Waals surface area contributed by atoms with E-state index in [-0.39, 0.29) is 17.9 Å². The molecule has 26 heavy (non-hydrogen) atoms. The van der Waals surface area contributed by atoms with Gasteiger partial charge in [0.15, 0.2) is 0 Å². The van der Waals surface area contributed by atoms with Crippen LogP contribution in [0.2, 0.25) is 0 Å². The van der Waals surface area contributed by atoms with E-state index in [4.69, 9.17) is 5.73 Å². The summed E-state index contributed by atoms with van der Waals surface area (Å²) < 4.78 is 0. The van der Waals surface area contributed by atoms with Crippen molar-refractivity contribution in [3.05, 3.63) is 66.2 Å². The van der Waals surface area contributed by atoms with Gasteiger partial charge in [-0.1, -0.05) is 55.5 Å². The van der Waals surface area contributed by atoms with Crippen LogP contribution < -0.4 is 16.0 Å². The molecule has 1 fully saturated rings. The fourth-order valence-corrected chi connectivity index (χ4v) is 3.45. The van der Waals surface area contributed by atoms with Crippen molar-refractivity contribution in [1.82, 2.24) is 5.32 Å². The second-order valence-corrected chi connectivity index (χ2v) is 6.91. The summed E-state index contributed by atoms with van der Waals surface area (Å²) in [5.41, 5.74) is 8.00. The van der Waals surface area contributed by atoms with Crippen LogP contribution in [0.5, 0.6) is 0 Å². The van der Waals surface area contributed by atoms with E-state index in [1.165, 1.54) is 0 Å². The van der Waals surface area contributed by atoms with Gasteiger partial charge < -0.3 is 16.0 Å². The molecule has 0 bridgehead atoms. The van der Waals surface area contributed by atoms with E-state index >= 15 is 0 Å². The van der Waals surface area contributed by atoms with E-state index in [1.54, 1.807) is 11.8 Å². The van der Waals surface area contributed by atoms with Crippen molar-refractivity contribution >= 4 is 17.5 Å². The Bertz CT molecular complexity index is 763. The minimum Gasteiger partial charge on any atom is -0.344 e. The van der Waals surface area contributed by atoms with Crippen LogP contribution in [0.15, 0.2) is 60.7 Å². The standard InChI is InChI=1S/C21H25N3O2/c1-14-13-18(21(26)24(14)17-11-7-4-8-12-17)23-20(25)15(2)19(22)16-9-5-3-6-10-16/h3-12,14-15,18-19H,13,22H2,1-2H3,(H,23,25). The molecule has 5 heteroatoms. The van der Waals surface area contributed by atoms with Gasteiger partial charge in [-0.2, -0.15) is 0 Å². The van der Waals surface area contributed by atoms with Gasteiger partial charge in [0, 0.05) is 17.8 Å². The minimum absolute atomic E-state index is 0.0355. The highest BCUT2D eigenvalue weighted by atomic mass is 16.2. The van der Waals surface area contributed by atoms with Crippen LogP contribution in [-0.4, -0.2) is 23.9 Å². The van der Waals surface area contributed by atoms with Gasteiger partial charge in [-0.05, 0) is 31.0 Å². The Hall–Kier alpha value is -2.66. The van der Waals surface area contributed by atoms with Crippen LogP contribution in [0.3, 0.4) is 0 Å². The average molecular weight is 351 g/mol. The number of nitrogens with one attached hydrogen (secondary N) is 1. The SMILES string of the molecule is CC(C(=O)NC1CC(C)N(c2ccccc2)C1=O)C(N)c1ccccc1. The first-order chi connectivity index (χ1) is 12.5. The topological polar surface area (TPSA) is 75.4 Å². The summed E-state index contributed by atoms with van der Waals surface area (Å²) in [6.07, 6.45) is 0.590. The number of rotatable bonds is 5. The lowest BCUT2D eigenvalue weighted by Crippen LogP contribution is -2.45. The van der Waals surface area contributed by atoms with Crippen molar-refractivity contribution in [1.29, 1.82) is 0 Å². The summed E-state index contributed by atoms with van der Waals surface area (Å²) >= 11 is 0. The maximum atomic E-state index is 12.8. The van der Waals surface area contributed by atoms with Gasteiger partial charge in [0.05, 0.1) is 5.92 Å². The van der Waals surface area contributed by atoms with Crippen molar-refractivity contribution in [3.63, 3.8) is 0 Å². The van der Waals surface area contributed by atoms with Gasteiger partial charge >= 0.3 is 0 Å². The summed E-state index contributed by atoms with van der Waals surface area (Å²) in [5, 5.41) is 2.90. The van der Waals surface area contributed by atoms with Crippen LogP contribution in [-0.2, 0) is 9.59 Å². The van der Waals surface area contributed by atoms with Crippen LogP contribution >= 0.6 is 0 Å². The Labute approximate surface area is 154 Å². The third kappa shape index (κ3) is 3.63. The van der Waals surface area contributed by atoms with E-state index in [0.717, 1.165) is 11.3 Å². The molecule has 0 saturated carbocycles. The zero-order chi connectivity index (χ0) is 18.7. The molecule has 2 amide bonds. The van der Waals surface area contributed by atoms with Crippen molar-refractivity contribution in [2.24, 2.45) is 11.7 Å². The number of para-hydroxylation sites is 1. The molecule has 136 valence electrons. The number of benzene rings is 2. The summed E-state index contributed by atoms with van der Waals surface area (Å²) in [7, 11) is 0. The maximum Gasteiger partial charge on any atom is 0.249 e. The molecular weight excluding hydrogens is 326 g/mol. The number of hydrogen-bond donors (Lipinski definition) is 2. The van der Waals surface area contributed by atoms with Gasteiger partial charge in [-0.3, -0.25) is 9.59 Å². The number of carbonyl (C=O) groups is 2. The third-order valence-electron chi connectivity index (χ3n) is 5.04. The molecule has 4 unspecified atom stereocenters. The molecule has 2 aromatic rings. The van der Waals surface area contributed by atoms with Crippen molar-refractivity contribution < 1.29 is 9.59 Å². The normalized spacial score (nSPS) is 22.1. The summed E-state index contributed by atoms with van der Waals surface area (Å²) in [6.45, 7) is 3.79. The molecule has 3 rings (SSSR count). The zero-order valence-electron chi connectivity index (χ0n) is 15.1. The molecule has 1 aliphatic heterocycles. The fraction of sp³-hybridized carbons (Fsp3) is 0.333. The minimum atomic E-state index is -0.511. The number of nitrogens with two attached hydrogens (primary N) is 1. The molecule has 0 aromatic heterocycles. The first-order valence-electron chi connectivity index (χ1n) is 8.98. The Morgan fingerprint density at radius 1 is 1.12 bits per heavy atom. The highest BCUT2D eigenvalue weighted by Gasteiger charge is 2.39. The van der Waals surface area contributed by atoms with Crippen molar-refractivity contribution in [2.45, 2.75) is 38.4 Å². The lowest BCUT2D eigenvalue weighted by atomic mass is 9.94. The maximum absolute atomic E-state index is 12.8. The van der Waals surface area contributed by atoms with E-state index in [0.29, 0.717) is 6.42 Å². The number of nitrogens with zero attached hydrogens (tertiary/aromatic N) is 1. The molecule has 5 nitrogen and oxygen atoms in total. The highest BCUT2D eigenvalue weighted by Crippen LogP contribution is 2.27. The summed E-state index contributed by atoms with van der Waals surface area (Å²) in [5.74, 6) is -0.689. The van der Waals surface area contributed by atoms with Gasteiger partial charge in [0.1, 0.15) is 6.04 Å². The van der Waals surface area contributed by atoms with E-state index in [2.05, 4.69) is 5.32 Å². The van der Waals surface area contributed by atoms with Gasteiger partial charge in [-0.25, -0.2) is 0 Å². The molecule has 1 heterocycles. The predicted molar refractivity (Wildman–Crippen MR) is 102 cm³/mol. The number of hydrogen-bond acceptors (Lipinski definition) is 3. The molecule has 1 aliphatic rings. The molecule has 0 radical (unpaired) electrons. The molecule has 4 atom stereocenters. The highest BCUT2D eigenvalue weighted by molar-refractivity contribution is 6.02. The Kier molecular flexibility index (Phi) is 5.38. The van der Waals surface area contributed by atoms with Gasteiger partial charge in [0.2, 0.25) is 11.8 Å². The monoisotopic (exact) mass is 351 g/mol. The largest absolute Gasteiger partial charge is 0.344 e. The lowest BCUT2D eigenvalue weighted by molar-refractivity contribution is -0.129. The van der Waals surface area contributed by atoms with E-state index < -0.39 is 18.0 Å². The van der Waals surface area contributed by atoms with Crippen LogP contribution in [0.4, 0.5) is 5.69 Å². The van der Waals surface area contributed by atoms with Crippen LogP contribution in [0.25, 0.3) is 0 Å². The van der Waals surface area contributed by atoms with E-state index in [9.17, 15) is 9.59 Å². The van der Waals surface area contributed by atoms with Crippen molar-refractivity contribution in [2.75, 3.05) is 4.90 Å². The smallest absolute Gasteiger partial charge is 0.249 e. The fourth-order valence-electron chi connectivity index (χ4n) is 3.45. The first-order valence-corrected chi connectivity index (χ1v) is 8.98. The summed E-state index contributed by atoms with van der Waals surface area (Å²) in [6, 6.07) is 18.2. The van der Waals surface area contributed by atoms with Gasteiger partial charge in [0.25, 0.3) is 0 Å². The predicted octanol–water partition coefficient (Wildman–Crippen LogP) is 2.63. The molecule has 3 N–H and O–H groups in total. The Balaban J connectivity index is 1.67. The van der Waals surface area contributed by atoms with Crippen LogP contribution in [0.1, 0.15) is 31.9 Å². The van der Waals surface area contributed by atoms with Crippen molar-refractivity contribution in [3.8, 4) is 0 Å². The molecule has 1 saturated heterocycles. The second kappa shape index (κ2) is 7.70. The third-order valence-corrected chi connectivity index (χ3v) is 5.04. The second-order valence-electron chi connectivity index (χ2n) is 6.91.